The first-order valence-electron chi connectivity index (χ1n) is 4.17. The number of aromatic nitrogens is 2. The quantitative estimate of drug-likeness (QED) is 0.840. The van der Waals surface area contributed by atoms with Gasteiger partial charge in [0, 0.05) is 4.90 Å². The van der Waals surface area contributed by atoms with Gasteiger partial charge in [0.05, 0.1) is 10.7 Å². The molecule has 0 saturated carbocycles. The Morgan fingerprint density at radius 1 is 1.47 bits per heavy atom. The third kappa shape index (κ3) is 2.42. The Bertz CT molecular complexity index is 470. The number of hydrogen-bond donors (Lipinski definition) is 1. The highest BCUT2D eigenvalue weighted by Crippen LogP contribution is 2.34. The zero-order valence-corrected chi connectivity index (χ0v) is 10.3. The maximum absolute atomic E-state index is 5.96. The Kier molecular flexibility index (Phi) is 3.14. The molecule has 2 aromatic rings. The first-order valence-corrected chi connectivity index (χ1v) is 6.14. The molecule has 15 heavy (non-hydrogen) atoms. The minimum absolute atomic E-state index is 0.576. The van der Waals surface area contributed by atoms with Crippen LogP contribution in [-0.2, 0) is 0 Å². The summed E-state index contributed by atoms with van der Waals surface area (Å²) < 4.78 is 4.84. The number of anilines is 1. The van der Waals surface area contributed by atoms with Crippen molar-refractivity contribution in [2.75, 3.05) is 5.73 Å². The van der Waals surface area contributed by atoms with E-state index in [4.69, 9.17) is 17.3 Å². The van der Waals surface area contributed by atoms with E-state index in [1.807, 2.05) is 19.1 Å². The molecule has 0 fully saturated rings. The molecule has 6 heteroatoms. The van der Waals surface area contributed by atoms with Gasteiger partial charge in [0.15, 0.2) is 4.34 Å². The van der Waals surface area contributed by atoms with Crippen LogP contribution < -0.4 is 5.73 Å². The average Bonchev–Trinajstić information content (AvgIpc) is 2.67. The van der Waals surface area contributed by atoms with Crippen molar-refractivity contribution in [1.82, 2.24) is 9.36 Å². The maximum Gasteiger partial charge on any atom is 0.174 e. The highest BCUT2D eigenvalue weighted by molar-refractivity contribution is 8.01. The van der Waals surface area contributed by atoms with Crippen molar-refractivity contribution < 1.29 is 0 Å². The number of nitrogen functional groups attached to an aromatic ring is 1. The fraction of sp³-hybridized carbons (Fsp3) is 0.111. The lowest BCUT2D eigenvalue weighted by Gasteiger charge is -2.05. The number of benzene rings is 1. The molecule has 0 spiro atoms. The molecule has 2 rings (SSSR count). The lowest BCUT2D eigenvalue weighted by Crippen LogP contribution is -1.89. The van der Waals surface area contributed by atoms with E-state index in [-0.39, 0.29) is 0 Å². The van der Waals surface area contributed by atoms with Crippen molar-refractivity contribution in [2.45, 2.75) is 16.2 Å². The summed E-state index contributed by atoms with van der Waals surface area (Å²) in [6.45, 7) is 2.00. The van der Waals surface area contributed by atoms with Crippen LogP contribution in [0.5, 0.6) is 0 Å². The van der Waals surface area contributed by atoms with Gasteiger partial charge in [-0.1, -0.05) is 23.4 Å². The molecule has 1 aromatic carbocycles. The average molecular weight is 258 g/mol. The Morgan fingerprint density at radius 2 is 2.27 bits per heavy atom. The van der Waals surface area contributed by atoms with E-state index < -0.39 is 0 Å². The van der Waals surface area contributed by atoms with Crippen LogP contribution in [-0.4, -0.2) is 9.36 Å². The number of aryl methyl sites for hydroxylation is 1. The molecule has 0 aliphatic heterocycles. The van der Waals surface area contributed by atoms with Gasteiger partial charge in [0.1, 0.15) is 6.33 Å². The van der Waals surface area contributed by atoms with Crippen LogP contribution in [0, 0.1) is 6.92 Å². The highest BCUT2D eigenvalue weighted by atomic mass is 35.5. The molecule has 0 bridgehead atoms. The Balaban J connectivity index is 2.33. The largest absolute Gasteiger partial charge is 0.398 e. The third-order valence-electron chi connectivity index (χ3n) is 1.83. The summed E-state index contributed by atoms with van der Waals surface area (Å²) in [4.78, 5) is 5.16. The van der Waals surface area contributed by atoms with E-state index in [2.05, 4.69) is 9.36 Å². The van der Waals surface area contributed by atoms with Crippen LogP contribution >= 0.6 is 34.9 Å². The predicted octanol–water partition coefficient (Wildman–Crippen LogP) is 3.23. The second kappa shape index (κ2) is 4.38. The van der Waals surface area contributed by atoms with Crippen molar-refractivity contribution in [2.24, 2.45) is 0 Å². The molecular formula is C9H8ClN3S2. The summed E-state index contributed by atoms with van der Waals surface area (Å²) in [6.07, 6.45) is 1.54. The fourth-order valence-electron chi connectivity index (χ4n) is 1.10. The molecule has 0 unspecified atom stereocenters. The molecule has 1 aromatic heterocycles. The van der Waals surface area contributed by atoms with Crippen molar-refractivity contribution in [3.05, 3.63) is 29.0 Å². The first kappa shape index (κ1) is 10.7. The van der Waals surface area contributed by atoms with Gasteiger partial charge in [-0.3, -0.25) is 0 Å². The summed E-state index contributed by atoms with van der Waals surface area (Å²) >= 11 is 8.87. The summed E-state index contributed by atoms with van der Waals surface area (Å²) in [5.74, 6) is 0. The Hall–Kier alpha value is -0.780. The van der Waals surface area contributed by atoms with Gasteiger partial charge in [-0.25, -0.2) is 4.98 Å². The lowest BCUT2D eigenvalue weighted by atomic mass is 10.2. The number of rotatable bonds is 2. The van der Waals surface area contributed by atoms with Crippen molar-refractivity contribution >= 4 is 40.6 Å². The molecule has 0 amide bonds. The SMILES string of the molecule is Cc1cc(N)c(Cl)cc1Sc1ncns1. The van der Waals surface area contributed by atoms with Gasteiger partial charge >= 0.3 is 0 Å². The predicted molar refractivity (Wildman–Crippen MR) is 64.6 cm³/mol. The highest BCUT2D eigenvalue weighted by Gasteiger charge is 2.07. The van der Waals surface area contributed by atoms with E-state index >= 15 is 0 Å². The third-order valence-corrected chi connectivity index (χ3v) is 4.03. The van der Waals surface area contributed by atoms with Gasteiger partial charge in [-0.2, -0.15) is 4.37 Å². The zero-order valence-electron chi connectivity index (χ0n) is 7.90. The minimum atomic E-state index is 0.576. The molecule has 0 aliphatic carbocycles. The normalized spacial score (nSPS) is 10.5. The topological polar surface area (TPSA) is 51.8 Å². The van der Waals surface area contributed by atoms with Crippen LogP contribution in [0.1, 0.15) is 5.56 Å². The fourth-order valence-corrected chi connectivity index (χ4v) is 2.84. The monoisotopic (exact) mass is 257 g/mol. The molecular weight excluding hydrogens is 250 g/mol. The summed E-state index contributed by atoms with van der Waals surface area (Å²) in [5, 5.41) is 0.576. The zero-order chi connectivity index (χ0) is 10.8. The van der Waals surface area contributed by atoms with Gasteiger partial charge in [-0.05, 0) is 36.2 Å². The second-order valence-corrected chi connectivity index (χ2v) is 5.42. The van der Waals surface area contributed by atoms with Gasteiger partial charge < -0.3 is 5.73 Å². The number of nitrogens with zero attached hydrogens (tertiary/aromatic N) is 2. The van der Waals surface area contributed by atoms with E-state index in [9.17, 15) is 0 Å². The molecule has 3 nitrogen and oxygen atoms in total. The van der Waals surface area contributed by atoms with Crippen molar-refractivity contribution in [1.29, 1.82) is 0 Å². The van der Waals surface area contributed by atoms with E-state index in [0.29, 0.717) is 10.7 Å². The molecule has 0 atom stereocenters. The van der Waals surface area contributed by atoms with Gasteiger partial charge in [-0.15, -0.1) is 0 Å². The minimum Gasteiger partial charge on any atom is -0.398 e. The van der Waals surface area contributed by atoms with E-state index in [1.165, 1.54) is 11.5 Å². The summed E-state index contributed by atoms with van der Waals surface area (Å²) in [6, 6.07) is 3.73. The van der Waals surface area contributed by atoms with Crippen LogP contribution in [0.15, 0.2) is 27.7 Å². The van der Waals surface area contributed by atoms with Crippen LogP contribution in [0.2, 0.25) is 5.02 Å². The van der Waals surface area contributed by atoms with Crippen molar-refractivity contribution in [3.63, 3.8) is 0 Å². The van der Waals surface area contributed by atoms with E-state index in [1.54, 1.807) is 18.1 Å². The number of halogens is 1. The maximum atomic E-state index is 5.96. The summed E-state index contributed by atoms with van der Waals surface area (Å²) in [7, 11) is 0. The lowest BCUT2D eigenvalue weighted by molar-refractivity contribution is 1.20. The number of nitrogens with two attached hydrogens (primary N) is 1. The Labute approximate surface area is 101 Å². The second-order valence-electron chi connectivity index (χ2n) is 2.95. The van der Waals surface area contributed by atoms with Crippen LogP contribution in [0.4, 0.5) is 5.69 Å². The molecule has 2 N–H and O–H groups in total. The molecule has 78 valence electrons. The van der Waals surface area contributed by atoms with Gasteiger partial charge in [0.25, 0.3) is 0 Å². The standard InChI is InChI=1S/C9H8ClN3S2/c1-5-2-7(11)6(10)3-8(5)14-9-12-4-13-15-9/h2-4H,11H2,1H3. The van der Waals surface area contributed by atoms with Crippen molar-refractivity contribution in [3.8, 4) is 0 Å². The smallest absolute Gasteiger partial charge is 0.174 e. The Morgan fingerprint density at radius 3 is 2.93 bits per heavy atom. The van der Waals surface area contributed by atoms with Gasteiger partial charge in [0.2, 0.25) is 0 Å². The molecule has 0 aliphatic rings. The van der Waals surface area contributed by atoms with Crippen LogP contribution in [0.25, 0.3) is 0 Å². The molecule has 0 saturated heterocycles. The molecule has 1 heterocycles. The van der Waals surface area contributed by atoms with Crippen LogP contribution in [0.3, 0.4) is 0 Å². The summed E-state index contributed by atoms with van der Waals surface area (Å²) in [5.41, 5.74) is 7.40. The molecule has 0 radical (unpaired) electrons. The van der Waals surface area contributed by atoms with E-state index in [0.717, 1.165) is 14.8 Å². The number of hydrogen-bond acceptors (Lipinski definition) is 5. The first-order chi connectivity index (χ1) is 7.16.